The van der Waals surface area contributed by atoms with Crippen LogP contribution in [0.4, 0.5) is 4.79 Å². The molecule has 2 aromatic rings. The summed E-state index contributed by atoms with van der Waals surface area (Å²) in [5.41, 5.74) is 2.18. The van der Waals surface area contributed by atoms with E-state index in [0.29, 0.717) is 30.5 Å². The molecule has 0 aliphatic heterocycles. The first kappa shape index (κ1) is 19.6. The van der Waals surface area contributed by atoms with E-state index < -0.39 is 0 Å². The van der Waals surface area contributed by atoms with Crippen LogP contribution in [0.25, 0.3) is 0 Å². The van der Waals surface area contributed by atoms with Gasteiger partial charge in [-0.1, -0.05) is 50.2 Å². The maximum absolute atomic E-state index is 12.1. The molecule has 2 rings (SSSR count). The molecule has 5 nitrogen and oxygen atoms in total. The second-order valence-electron chi connectivity index (χ2n) is 6.51. The first-order valence-electron chi connectivity index (χ1n) is 8.82. The standard InChI is InChI=1S/C21H28N2O3/c1-15(2)18(17-10-11-19(25-3)20(12-17)26-4)14-23-21(24)22-13-16-8-6-5-7-9-16/h5-12,15,18H,13-14H2,1-4H3,(H2,22,23,24). The Morgan fingerprint density at radius 2 is 1.65 bits per heavy atom. The van der Waals surface area contributed by atoms with Gasteiger partial charge in [-0.25, -0.2) is 4.79 Å². The lowest BCUT2D eigenvalue weighted by molar-refractivity contribution is 0.239. The van der Waals surface area contributed by atoms with Gasteiger partial charge in [0.1, 0.15) is 0 Å². The molecule has 2 aromatic carbocycles. The molecule has 0 aliphatic carbocycles. The Morgan fingerprint density at radius 1 is 0.962 bits per heavy atom. The fraction of sp³-hybridized carbons (Fsp3) is 0.381. The van der Waals surface area contributed by atoms with Crippen molar-refractivity contribution in [1.82, 2.24) is 10.6 Å². The average molecular weight is 356 g/mol. The van der Waals surface area contributed by atoms with Crippen LogP contribution in [-0.4, -0.2) is 26.8 Å². The van der Waals surface area contributed by atoms with Gasteiger partial charge >= 0.3 is 6.03 Å². The summed E-state index contributed by atoms with van der Waals surface area (Å²) < 4.78 is 10.7. The van der Waals surface area contributed by atoms with Crippen molar-refractivity contribution in [1.29, 1.82) is 0 Å². The molecule has 26 heavy (non-hydrogen) atoms. The number of carbonyl (C=O) groups excluding carboxylic acids is 1. The molecular formula is C21H28N2O3. The van der Waals surface area contributed by atoms with Gasteiger partial charge in [-0.3, -0.25) is 0 Å². The topological polar surface area (TPSA) is 59.6 Å². The zero-order valence-corrected chi connectivity index (χ0v) is 15.9. The quantitative estimate of drug-likeness (QED) is 0.753. The van der Waals surface area contributed by atoms with Crippen molar-refractivity contribution in [2.45, 2.75) is 26.3 Å². The number of benzene rings is 2. The number of hydrogen-bond donors (Lipinski definition) is 2. The molecule has 0 saturated carbocycles. The Hall–Kier alpha value is -2.69. The minimum atomic E-state index is -0.167. The Balaban J connectivity index is 1.96. The molecule has 0 radical (unpaired) electrons. The number of nitrogens with one attached hydrogen (secondary N) is 2. The van der Waals surface area contributed by atoms with Crippen molar-refractivity contribution in [3.63, 3.8) is 0 Å². The van der Waals surface area contributed by atoms with Gasteiger partial charge in [0.05, 0.1) is 14.2 Å². The Bertz CT molecular complexity index is 702. The highest BCUT2D eigenvalue weighted by molar-refractivity contribution is 5.73. The largest absolute Gasteiger partial charge is 0.493 e. The van der Waals surface area contributed by atoms with E-state index in [1.807, 2.05) is 48.5 Å². The zero-order valence-electron chi connectivity index (χ0n) is 15.9. The number of urea groups is 1. The molecule has 0 saturated heterocycles. The van der Waals surface area contributed by atoms with Gasteiger partial charge in [0.15, 0.2) is 11.5 Å². The molecule has 2 N–H and O–H groups in total. The SMILES string of the molecule is COc1ccc(C(CNC(=O)NCc2ccccc2)C(C)C)cc1OC. The number of hydrogen-bond acceptors (Lipinski definition) is 3. The molecule has 0 heterocycles. The summed E-state index contributed by atoms with van der Waals surface area (Å²) in [6, 6.07) is 15.6. The second-order valence-corrected chi connectivity index (χ2v) is 6.51. The third-order valence-electron chi connectivity index (χ3n) is 4.42. The number of methoxy groups -OCH3 is 2. The lowest BCUT2D eigenvalue weighted by atomic mass is 9.88. The molecule has 0 aliphatic rings. The molecule has 1 atom stereocenters. The van der Waals surface area contributed by atoms with Crippen LogP contribution in [0.1, 0.15) is 30.9 Å². The molecule has 0 fully saturated rings. The summed E-state index contributed by atoms with van der Waals surface area (Å²) >= 11 is 0. The molecule has 1 unspecified atom stereocenters. The molecule has 0 bridgehead atoms. The second kappa shape index (κ2) is 9.70. The van der Waals surface area contributed by atoms with Crippen molar-refractivity contribution in [3.05, 3.63) is 59.7 Å². The number of amides is 2. The predicted octanol–water partition coefficient (Wildman–Crippen LogP) is 3.94. The maximum Gasteiger partial charge on any atom is 0.315 e. The third kappa shape index (κ3) is 5.41. The van der Waals surface area contributed by atoms with Crippen LogP contribution in [-0.2, 0) is 6.54 Å². The molecular weight excluding hydrogens is 328 g/mol. The summed E-state index contributed by atoms with van der Waals surface area (Å²) in [7, 11) is 3.25. The highest BCUT2D eigenvalue weighted by Gasteiger charge is 2.19. The lowest BCUT2D eigenvalue weighted by Gasteiger charge is -2.23. The average Bonchev–Trinajstić information content (AvgIpc) is 2.66. The van der Waals surface area contributed by atoms with E-state index in [2.05, 4.69) is 24.5 Å². The van der Waals surface area contributed by atoms with Gasteiger partial charge in [0.25, 0.3) is 0 Å². The van der Waals surface area contributed by atoms with Gasteiger partial charge in [-0.15, -0.1) is 0 Å². The maximum atomic E-state index is 12.1. The van der Waals surface area contributed by atoms with E-state index in [4.69, 9.17) is 9.47 Å². The molecule has 2 amide bonds. The Kier molecular flexibility index (Phi) is 7.33. The molecule has 0 aromatic heterocycles. The van der Waals surface area contributed by atoms with E-state index >= 15 is 0 Å². The van der Waals surface area contributed by atoms with Gasteiger partial charge in [-0.05, 0) is 29.2 Å². The predicted molar refractivity (Wildman–Crippen MR) is 104 cm³/mol. The lowest BCUT2D eigenvalue weighted by Crippen LogP contribution is -2.38. The monoisotopic (exact) mass is 356 g/mol. The minimum Gasteiger partial charge on any atom is -0.493 e. The summed E-state index contributed by atoms with van der Waals surface area (Å²) in [5, 5.41) is 5.87. The number of carbonyl (C=O) groups is 1. The molecule has 0 spiro atoms. The third-order valence-corrected chi connectivity index (χ3v) is 4.42. The van der Waals surface area contributed by atoms with Crippen molar-refractivity contribution in [2.75, 3.05) is 20.8 Å². The molecule has 140 valence electrons. The smallest absolute Gasteiger partial charge is 0.315 e. The van der Waals surface area contributed by atoms with Crippen LogP contribution >= 0.6 is 0 Å². The highest BCUT2D eigenvalue weighted by atomic mass is 16.5. The van der Waals surface area contributed by atoms with E-state index in [9.17, 15) is 4.79 Å². The van der Waals surface area contributed by atoms with Crippen molar-refractivity contribution in [3.8, 4) is 11.5 Å². The van der Waals surface area contributed by atoms with Crippen LogP contribution in [0, 0.1) is 5.92 Å². The fourth-order valence-electron chi connectivity index (χ4n) is 2.87. The summed E-state index contributed by atoms with van der Waals surface area (Å²) in [6.07, 6.45) is 0. The van der Waals surface area contributed by atoms with E-state index in [-0.39, 0.29) is 11.9 Å². The fourth-order valence-corrected chi connectivity index (χ4v) is 2.87. The highest BCUT2D eigenvalue weighted by Crippen LogP contribution is 2.33. The number of ether oxygens (including phenoxy) is 2. The molecule has 5 heteroatoms. The van der Waals surface area contributed by atoms with Crippen molar-refractivity contribution in [2.24, 2.45) is 5.92 Å². The van der Waals surface area contributed by atoms with E-state index in [1.165, 1.54) is 0 Å². The summed E-state index contributed by atoms with van der Waals surface area (Å²) in [6.45, 7) is 5.35. The van der Waals surface area contributed by atoms with Gasteiger partial charge in [0.2, 0.25) is 0 Å². The van der Waals surface area contributed by atoms with Crippen LogP contribution in [0.3, 0.4) is 0 Å². The van der Waals surface area contributed by atoms with Crippen LogP contribution in [0.2, 0.25) is 0 Å². The van der Waals surface area contributed by atoms with Gasteiger partial charge in [-0.2, -0.15) is 0 Å². The normalized spacial score (nSPS) is 11.7. The van der Waals surface area contributed by atoms with Crippen molar-refractivity contribution >= 4 is 6.03 Å². The van der Waals surface area contributed by atoms with Gasteiger partial charge in [0, 0.05) is 19.0 Å². The van der Waals surface area contributed by atoms with E-state index in [1.54, 1.807) is 14.2 Å². The van der Waals surface area contributed by atoms with Crippen LogP contribution < -0.4 is 20.1 Å². The first-order valence-corrected chi connectivity index (χ1v) is 8.82. The number of rotatable bonds is 8. The van der Waals surface area contributed by atoms with Crippen LogP contribution in [0.15, 0.2) is 48.5 Å². The van der Waals surface area contributed by atoms with E-state index in [0.717, 1.165) is 11.1 Å². The zero-order chi connectivity index (χ0) is 18.9. The van der Waals surface area contributed by atoms with Gasteiger partial charge < -0.3 is 20.1 Å². The minimum absolute atomic E-state index is 0.167. The van der Waals surface area contributed by atoms with Crippen LogP contribution in [0.5, 0.6) is 11.5 Å². The first-order chi connectivity index (χ1) is 12.5. The summed E-state index contributed by atoms with van der Waals surface area (Å²) in [5.74, 6) is 1.94. The summed E-state index contributed by atoms with van der Waals surface area (Å²) in [4.78, 5) is 12.1. The Morgan fingerprint density at radius 3 is 2.27 bits per heavy atom. The van der Waals surface area contributed by atoms with Crippen molar-refractivity contribution < 1.29 is 14.3 Å². The Labute approximate surface area is 155 Å².